The van der Waals surface area contributed by atoms with E-state index in [2.05, 4.69) is 20.8 Å². The lowest BCUT2D eigenvalue weighted by molar-refractivity contribution is -0.122. The van der Waals surface area contributed by atoms with Crippen LogP contribution in [0.1, 0.15) is 24.1 Å². The van der Waals surface area contributed by atoms with Gasteiger partial charge in [0.05, 0.1) is 5.69 Å². The van der Waals surface area contributed by atoms with Gasteiger partial charge in [0.15, 0.2) is 5.76 Å². The van der Waals surface area contributed by atoms with Gasteiger partial charge < -0.3 is 15.2 Å². The van der Waals surface area contributed by atoms with E-state index in [0.717, 1.165) is 42.8 Å². The van der Waals surface area contributed by atoms with Crippen molar-refractivity contribution in [2.75, 3.05) is 13.1 Å². The summed E-state index contributed by atoms with van der Waals surface area (Å²) in [6.45, 7) is 2.25. The lowest BCUT2D eigenvalue weighted by Gasteiger charge is -2.31. The van der Waals surface area contributed by atoms with Crippen LogP contribution in [0.15, 0.2) is 59.4 Å². The average molecular weight is 408 g/mol. The molecule has 6 nitrogen and oxygen atoms in total. The Balaban J connectivity index is 1.34. The Bertz CT molecular complexity index is 959. The summed E-state index contributed by atoms with van der Waals surface area (Å²) in [5.74, 6) is 0.985. The van der Waals surface area contributed by atoms with Crippen molar-refractivity contribution in [3.63, 3.8) is 0 Å². The number of aromatic nitrogens is 2. The minimum absolute atomic E-state index is 0.0582. The van der Waals surface area contributed by atoms with E-state index in [1.54, 1.807) is 24.5 Å². The van der Waals surface area contributed by atoms with Crippen LogP contribution in [0.25, 0.3) is 11.3 Å². The Kier molecular flexibility index (Phi) is 6.49. The third kappa shape index (κ3) is 5.30. The van der Waals surface area contributed by atoms with Crippen LogP contribution in [0.5, 0.6) is 0 Å². The number of nitrogens with zero attached hydrogens (tertiary/aromatic N) is 2. The van der Waals surface area contributed by atoms with Gasteiger partial charge in [-0.25, -0.2) is 4.39 Å². The molecule has 7 heteroatoms. The summed E-state index contributed by atoms with van der Waals surface area (Å²) in [5, 5.41) is 10.6. The standard InChI is InChI=1S/C23H25FN4O2/c24-20-5-3-17(4-6-20)22-12-21(28-30-22)10-19-15-26-9-7-18(19)11-23(29)27-14-16-2-1-8-25-13-16/h1-6,8,12-13,18-19,26H,7,9-11,14-15H2,(H,27,29)/t18-,19+/m1/s1. The highest BCUT2D eigenvalue weighted by Gasteiger charge is 2.28. The van der Waals surface area contributed by atoms with Gasteiger partial charge in [0, 0.05) is 37.0 Å². The molecule has 0 radical (unpaired) electrons. The maximum atomic E-state index is 13.1. The zero-order valence-corrected chi connectivity index (χ0v) is 16.7. The van der Waals surface area contributed by atoms with Crippen molar-refractivity contribution < 1.29 is 13.7 Å². The van der Waals surface area contributed by atoms with E-state index >= 15 is 0 Å². The topological polar surface area (TPSA) is 80.0 Å². The lowest BCUT2D eigenvalue weighted by atomic mass is 9.81. The number of pyridine rings is 1. The first kappa shape index (κ1) is 20.2. The largest absolute Gasteiger partial charge is 0.356 e. The number of carbonyl (C=O) groups is 1. The number of nitrogens with one attached hydrogen (secondary N) is 2. The van der Waals surface area contributed by atoms with E-state index in [1.165, 1.54) is 12.1 Å². The minimum atomic E-state index is -0.281. The van der Waals surface area contributed by atoms with E-state index in [0.29, 0.717) is 24.6 Å². The molecule has 0 bridgehead atoms. The minimum Gasteiger partial charge on any atom is -0.356 e. The highest BCUT2D eigenvalue weighted by Crippen LogP contribution is 2.28. The first-order chi connectivity index (χ1) is 14.7. The number of halogens is 1. The predicted octanol–water partition coefficient (Wildman–Crippen LogP) is 3.35. The van der Waals surface area contributed by atoms with Crippen LogP contribution in [-0.2, 0) is 17.8 Å². The van der Waals surface area contributed by atoms with Crippen molar-refractivity contribution in [2.45, 2.75) is 25.8 Å². The molecular weight excluding hydrogens is 383 g/mol. The Hall–Kier alpha value is -3.06. The fourth-order valence-electron chi connectivity index (χ4n) is 3.93. The SMILES string of the molecule is O=C(C[C@H]1CCNC[C@@H]1Cc1cc(-c2ccc(F)cc2)on1)NCc1cccnc1. The molecular formula is C23H25FN4O2. The molecule has 1 amide bonds. The first-order valence-electron chi connectivity index (χ1n) is 10.3. The molecule has 2 atom stereocenters. The molecule has 156 valence electrons. The smallest absolute Gasteiger partial charge is 0.220 e. The van der Waals surface area contributed by atoms with Crippen molar-refractivity contribution in [2.24, 2.45) is 11.8 Å². The number of hydrogen-bond acceptors (Lipinski definition) is 5. The summed E-state index contributed by atoms with van der Waals surface area (Å²) in [4.78, 5) is 16.6. The van der Waals surface area contributed by atoms with Crippen LogP contribution in [0.2, 0.25) is 0 Å². The van der Waals surface area contributed by atoms with Gasteiger partial charge in [0.2, 0.25) is 5.91 Å². The summed E-state index contributed by atoms with van der Waals surface area (Å²) in [6.07, 6.45) is 5.66. The first-order valence-corrected chi connectivity index (χ1v) is 10.3. The average Bonchev–Trinajstić information content (AvgIpc) is 3.23. The summed E-state index contributed by atoms with van der Waals surface area (Å²) < 4.78 is 18.6. The zero-order valence-electron chi connectivity index (χ0n) is 16.7. The van der Waals surface area contributed by atoms with E-state index in [9.17, 15) is 9.18 Å². The van der Waals surface area contributed by atoms with Crippen LogP contribution in [0, 0.1) is 17.7 Å². The van der Waals surface area contributed by atoms with Gasteiger partial charge in [0.25, 0.3) is 0 Å². The molecule has 1 aliphatic rings. The lowest BCUT2D eigenvalue weighted by Crippen LogP contribution is -2.40. The van der Waals surface area contributed by atoms with E-state index in [4.69, 9.17) is 4.52 Å². The summed E-state index contributed by atoms with van der Waals surface area (Å²) in [7, 11) is 0. The van der Waals surface area contributed by atoms with Crippen LogP contribution < -0.4 is 10.6 Å². The van der Waals surface area contributed by atoms with Gasteiger partial charge in [-0.05, 0) is 73.7 Å². The maximum absolute atomic E-state index is 13.1. The van der Waals surface area contributed by atoms with Gasteiger partial charge in [-0.15, -0.1) is 0 Å². The van der Waals surface area contributed by atoms with Crippen LogP contribution in [0.3, 0.4) is 0 Å². The van der Waals surface area contributed by atoms with Gasteiger partial charge >= 0.3 is 0 Å². The normalized spacial score (nSPS) is 18.8. The Morgan fingerprint density at radius 1 is 1.23 bits per heavy atom. The van der Waals surface area contributed by atoms with Crippen LogP contribution in [-0.4, -0.2) is 29.1 Å². The van der Waals surface area contributed by atoms with Crippen molar-refractivity contribution in [1.29, 1.82) is 0 Å². The van der Waals surface area contributed by atoms with Crippen molar-refractivity contribution >= 4 is 5.91 Å². The second kappa shape index (κ2) is 9.63. The molecule has 3 aromatic rings. The molecule has 4 rings (SSSR count). The number of amides is 1. The quantitative estimate of drug-likeness (QED) is 0.627. The Morgan fingerprint density at radius 3 is 2.90 bits per heavy atom. The van der Waals surface area contributed by atoms with Crippen LogP contribution >= 0.6 is 0 Å². The molecule has 0 saturated carbocycles. The van der Waals surface area contributed by atoms with Crippen molar-refractivity contribution in [3.8, 4) is 11.3 Å². The van der Waals surface area contributed by atoms with E-state index < -0.39 is 0 Å². The van der Waals surface area contributed by atoms with Gasteiger partial charge in [0.1, 0.15) is 5.82 Å². The highest BCUT2D eigenvalue weighted by atomic mass is 19.1. The fraction of sp³-hybridized carbons (Fsp3) is 0.348. The molecule has 30 heavy (non-hydrogen) atoms. The predicted molar refractivity (Wildman–Crippen MR) is 111 cm³/mol. The number of benzene rings is 1. The molecule has 0 spiro atoms. The van der Waals surface area contributed by atoms with Gasteiger partial charge in [-0.1, -0.05) is 11.2 Å². The summed E-state index contributed by atoms with van der Waals surface area (Å²) >= 11 is 0. The molecule has 2 N–H and O–H groups in total. The van der Waals surface area contributed by atoms with Crippen LogP contribution in [0.4, 0.5) is 4.39 Å². The molecule has 1 aromatic carbocycles. The van der Waals surface area contributed by atoms with Gasteiger partial charge in [-0.3, -0.25) is 9.78 Å². The Morgan fingerprint density at radius 2 is 2.10 bits per heavy atom. The second-order valence-electron chi connectivity index (χ2n) is 7.75. The number of piperidine rings is 1. The van der Waals surface area contributed by atoms with Crippen molar-refractivity contribution in [3.05, 3.63) is 71.9 Å². The van der Waals surface area contributed by atoms with E-state index in [-0.39, 0.29) is 17.6 Å². The third-order valence-corrected chi connectivity index (χ3v) is 5.58. The number of carbonyl (C=O) groups excluding carboxylic acids is 1. The second-order valence-corrected chi connectivity index (χ2v) is 7.75. The van der Waals surface area contributed by atoms with Crippen molar-refractivity contribution in [1.82, 2.24) is 20.8 Å². The number of hydrogen-bond donors (Lipinski definition) is 2. The third-order valence-electron chi connectivity index (χ3n) is 5.58. The van der Waals surface area contributed by atoms with Gasteiger partial charge in [-0.2, -0.15) is 0 Å². The molecule has 0 aliphatic carbocycles. The molecule has 3 heterocycles. The molecule has 0 unspecified atom stereocenters. The van der Waals surface area contributed by atoms with E-state index in [1.807, 2.05) is 18.2 Å². The molecule has 1 fully saturated rings. The molecule has 1 saturated heterocycles. The monoisotopic (exact) mass is 408 g/mol. The summed E-state index contributed by atoms with van der Waals surface area (Å²) in [6, 6.07) is 11.9. The fourth-order valence-corrected chi connectivity index (χ4v) is 3.93. The molecule has 1 aliphatic heterocycles. The maximum Gasteiger partial charge on any atom is 0.220 e. The summed E-state index contributed by atoms with van der Waals surface area (Å²) in [5.41, 5.74) is 2.63. The molecule has 2 aromatic heterocycles. The number of rotatable bonds is 7. The highest BCUT2D eigenvalue weighted by molar-refractivity contribution is 5.76. The zero-order chi connectivity index (χ0) is 20.8. The Labute approximate surface area is 174 Å².